The zero-order valence-corrected chi connectivity index (χ0v) is 10.4. The highest BCUT2D eigenvalue weighted by molar-refractivity contribution is 6.30. The van der Waals surface area contributed by atoms with E-state index in [1.807, 2.05) is 0 Å². The highest BCUT2D eigenvalue weighted by Crippen LogP contribution is 2.30. The Morgan fingerprint density at radius 1 is 1.41 bits per heavy atom. The van der Waals surface area contributed by atoms with Crippen molar-refractivity contribution in [2.75, 3.05) is 38.1 Å². The van der Waals surface area contributed by atoms with Crippen molar-refractivity contribution in [2.24, 2.45) is 0 Å². The topological polar surface area (TPSA) is 50.8 Å². The largest absolute Gasteiger partial charge is 0.355 e. The van der Waals surface area contributed by atoms with Crippen LogP contribution in [0.1, 0.15) is 0 Å². The molecule has 6 heteroatoms. The third-order valence-electron chi connectivity index (χ3n) is 3.09. The lowest BCUT2D eigenvalue weighted by Gasteiger charge is -2.31. The molecule has 1 heterocycles. The van der Waals surface area contributed by atoms with Gasteiger partial charge in [0.25, 0.3) is 5.69 Å². The van der Waals surface area contributed by atoms with Crippen LogP contribution in [0.15, 0.2) is 18.2 Å². The summed E-state index contributed by atoms with van der Waals surface area (Å²) < 4.78 is 0. The van der Waals surface area contributed by atoms with E-state index in [9.17, 15) is 10.1 Å². The minimum atomic E-state index is -0.369. The first-order chi connectivity index (χ1) is 8.08. The molecule has 5 nitrogen and oxygen atoms in total. The van der Waals surface area contributed by atoms with Gasteiger partial charge in [0.1, 0.15) is 5.69 Å². The van der Waals surface area contributed by atoms with Crippen molar-refractivity contribution in [3.63, 3.8) is 0 Å². The maximum absolute atomic E-state index is 11.0. The molecule has 0 atom stereocenters. The van der Waals surface area contributed by atoms with Crippen molar-refractivity contribution >= 4 is 23.0 Å². The Balaban J connectivity index is 2.28. The number of nitro groups is 1. The van der Waals surface area contributed by atoms with Gasteiger partial charge in [-0.3, -0.25) is 10.1 Å². The van der Waals surface area contributed by atoms with Crippen LogP contribution in [-0.4, -0.2) is 38.2 Å². The fourth-order valence-electron chi connectivity index (χ4n) is 2.04. The molecule has 1 aliphatic heterocycles. The number of nitro benzene ring substituents is 1. The van der Waals surface area contributed by atoms with E-state index in [4.69, 9.17) is 11.6 Å². The van der Waals surface area contributed by atoms with E-state index < -0.39 is 0 Å². The second kappa shape index (κ2) is 4.89. The first-order valence-corrected chi connectivity index (χ1v) is 5.96. The molecule has 1 N–H and O–H groups in total. The summed E-state index contributed by atoms with van der Waals surface area (Å²) in [6.45, 7) is 3.68. The summed E-state index contributed by atoms with van der Waals surface area (Å²) in [5.41, 5.74) is 0.768. The molecule has 17 heavy (non-hydrogen) atoms. The number of nitrogens with one attached hydrogen (secondary N) is 1. The van der Waals surface area contributed by atoms with Crippen LogP contribution < -0.4 is 9.80 Å². The van der Waals surface area contributed by atoms with Gasteiger partial charge in [-0.05, 0) is 12.1 Å². The molecule has 92 valence electrons. The number of anilines is 1. The van der Waals surface area contributed by atoms with Gasteiger partial charge in [-0.25, -0.2) is 0 Å². The fourth-order valence-corrected chi connectivity index (χ4v) is 2.21. The zero-order chi connectivity index (χ0) is 12.4. The minimum absolute atomic E-state index is 0.0945. The van der Waals surface area contributed by atoms with Crippen LogP contribution in [0, 0.1) is 10.1 Å². The van der Waals surface area contributed by atoms with Crippen LogP contribution in [0.2, 0.25) is 5.02 Å². The Bertz CT molecular complexity index is 431. The van der Waals surface area contributed by atoms with Crippen molar-refractivity contribution in [2.45, 2.75) is 0 Å². The summed E-state index contributed by atoms with van der Waals surface area (Å²) in [5.74, 6) is 0. The molecule has 0 aliphatic carbocycles. The van der Waals surface area contributed by atoms with Crippen molar-refractivity contribution in [3.8, 4) is 0 Å². The third-order valence-corrected chi connectivity index (χ3v) is 3.33. The quantitative estimate of drug-likeness (QED) is 0.622. The number of halogens is 1. The number of quaternary nitrogens is 1. The molecule has 1 aliphatic rings. The molecule has 1 fully saturated rings. The standard InChI is InChI=1S/C11H14ClN3O2/c1-13-4-6-14(7-5-13)10-3-2-9(12)8-11(10)15(16)17/h2-3,8H,4-7H2,1H3/p+1. The maximum Gasteiger partial charge on any atom is 0.294 e. The molecule has 0 unspecified atom stereocenters. The third kappa shape index (κ3) is 2.68. The second-order valence-corrected chi connectivity index (χ2v) is 4.77. The lowest BCUT2D eigenvalue weighted by atomic mass is 10.2. The predicted molar refractivity (Wildman–Crippen MR) is 66.9 cm³/mol. The predicted octanol–water partition coefficient (Wildman–Crippen LogP) is 0.583. The van der Waals surface area contributed by atoms with Gasteiger partial charge in [0, 0.05) is 11.1 Å². The number of piperazine rings is 1. The van der Waals surface area contributed by atoms with Crippen molar-refractivity contribution in [1.82, 2.24) is 0 Å². The molecule has 0 saturated carbocycles. The van der Waals surface area contributed by atoms with E-state index in [2.05, 4.69) is 11.9 Å². The van der Waals surface area contributed by atoms with Crippen LogP contribution in [-0.2, 0) is 0 Å². The smallest absolute Gasteiger partial charge is 0.294 e. The lowest BCUT2D eigenvalue weighted by Crippen LogP contribution is -3.12. The van der Waals surface area contributed by atoms with Gasteiger partial charge in [0.15, 0.2) is 0 Å². The highest BCUT2D eigenvalue weighted by Gasteiger charge is 2.24. The summed E-state index contributed by atoms with van der Waals surface area (Å²) >= 11 is 5.80. The SMILES string of the molecule is C[NH+]1CCN(c2ccc(Cl)cc2[N+](=O)[O-])CC1. The van der Waals surface area contributed by atoms with E-state index in [0.717, 1.165) is 26.2 Å². The highest BCUT2D eigenvalue weighted by atomic mass is 35.5. The van der Waals surface area contributed by atoms with E-state index >= 15 is 0 Å². The van der Waals surface area contributed by atoms with Crippen molar-refractivity contribution < 1.29 is 9.82 Å². The van der Waals surface area contributed by atoms with Crippen molar-refractivity contribution in [1.29, 1.82) is 0 Å². The Morgan fingerprint density at radius 2 is 2.06 bits per heavy atom. The van der Waals surface area contributed by atoms with Crippen LogP contribution in [0.4, 0.5) is 11.4 Å². The molecule has 0 radical (unpaired) electrons. The molecular weight excluding hydrogens is 242 g/mol. The number of nitrogens with zero attached hydrogens (tertiary/aromatic N) is 2. The van der Waals surface area contributed by atoms with Crippen molar-refractivity contribution in [3.05, 3.63) is 33.3 Å². The summed E-state index contributed by atoms with van der Waals surface area (Å²) in [5, 5.41) is 11.4. The molecule has 0 aromatic heterocycles. The molecule has 1 aromatic carbocycles. The number of benzene rings is 1. The lowest BCUT2D eigenvalue weighted by molar-refractivity contribution is -0.880. The second-order valence-electron chi connectivity index (χ2n) is 4.33. The summed E-state index contributed by atoms with van der Waals surface area (Å²) in [7, 11) is 2.13. The molecule has 0 bridgehead atoms. The van der Waals surface area contributed by atoms with Crippen LogP contribution in [0.5, 0.6) is 0 Å². The number of hydrogen-bond acceptors (Lipinski definition) is 3. The van der Waals surface area contributed by atoms with E-state index in [0.29, 0.717) is 10.7 Å². The first kappa shape index (κ1) is 12.1. The monoisotopic (exact) mass is 256 g/mol. The molecule has 2 rings (SSSR count). The molecule has 1 saturated heterocycles. The van der Waals surface area contributed by atoms with Gasteiger partial charge in [-0.1, -0.05) is 11.6 Å². The molecule has 1 aromatic rings. The molecule has 0 amide bonds. The number of rotatable bonds is 2. The summed E-state index contributed by atoms with van der Waals surface area (Å²) in [6.07, 6.45) is 0. The van der Waals surface area contributed by atoms with Crippen LogP contribution in [0.25, 0.3) is 0 Å². The zero-order valence-electron chi connectivity index (χ0n) is 9.65. The summed E-state index contributed by atoms with van der Waals surface area (Å²) in [4.78, 5) is 14.1. The van der Waals surface area contributed by atoms with Crippen LogP contribution >= 0.6 is 11.6 Å². The number of hydrogen-bond donors (Lipinski definition) is 1. The average Bonchev–Trinajstić information content (AvgIpc) is 2.30. The van der Waals surface area contributed by atoms with E-state index in [-0.39, 0.29) is 10.6 Å². The van der Waals surface area contributed by atoms with E-state index in [1.165, 1.54) is 11.0 Å². The minimum Gasteiger partial charge on any atom is -0.355 e. The van der Waals surface area contributed by atoms with Gasteiger partial charge in [-0.2, -0.15) is 0 Å². The molecular formula is C11H15ClN3O2+. The van der Waals surface area contributed by atoms with E-state index in [1.54, 1.807) is 12.1 Å². The Labute approximate surface area is 105 Å². The van der Waals surface area contributed by atoms with Gasteiger partial charge >= 0.3 is 0 Å². The fraction of sp³-hybridized carbons (Fsp3) is 0.455. The number of likely N-dealkylation sites (N-methyl/N-ethyl adjacent to an activating group) is 1. The normalized spacial score (nSPS) is 17.2. The van der Waals surface area contributed by atoms with Crippen LogP contribution in [0.3, 0.4) is 0 Å². The van der Waals surface area contributed by atoms with Gasteiger partial charge < -0.3 is 9.80 Å². The average molecular weight is 257 g/mol. The molecule has 0 spiro atoms. The van der Waals surface area contributed by atoms with Gasteiger partial charge in [0.2, 0.25) is 0 Å². The summed E-state index contributed by atoms with van der Waals surface area (Å²) in [6, 6.07) is 4.86. The first-order valence-electron chi connectivity index (χ1n) is 5.58. The Morgan fingerprint density at radius 3 is 2.65 bits per heavy atom. The Kier molecular flexibility index (Phi) is 3.49. The van der Waals surface area contributed by atoms with Gasteiger partial charge in [-0.15, -0.1) is 0 Å². The van der Waals surface area contributed by atoms with Gasteiger partial charge in [0.05, 0.1) is 38.2 Å². The maximum atomic E-state index is 11.0. The Hall–Kier alpha value is -1.33.